The molecular formula is C24H39N5O3. The van der Waals surface area contributed by atoms with Gasteiger partial charge in [0.1, 0.15) is 12.7 Å². The maximum Gasteiger partial charge on any atom is 0.161 e. The van der Waals surface area contributed by atoms with Gasteiger partial charge in [0.25, 0.3) is 0 Å². The van der Waals surface area contributed by atoms with Crippen molar-refractivity contribution >= 4 is 0 Å². The number of likely N-dealkylation sites (N-methyl/N-ethyl adjacent to an activating group) is 2. The average molecular weight is 446 g/mol. The summed E-state index contributed by atoms with van der Waals surface area (Å²) >= 11 is 0. The van der Waals surface area contributed by atoms with E-state index in [4.69, 9.17) is 9.47 Å². The van der Waals surface area contributed by atoms with E-state index in [2.05, 4.69) is 39.8 Å². The first-order valence-corrected chi connectivity index (χ1v) is 11.7. The lowest BCUT2D eigenvalue weighted by molar-refractivity contribution is 0.0685. The van der Waals surface area contributed by atoms with Crippen molar-refractivity contribution < 1.29 is 14.6 Å². The summed E-state index contributed by atoms with van der Waals surface area (Å²) in [5.41, 5.74) is 1.16. The van der Waals surface area contributed by atoms with Crippen LogP contribution < -0.4 is 9.47 Å². The molecule has 0 spiro atoms. The summed E-state index contributed by atoms with van der Waals surface area (Å²) in [6.45, 7) is 10.8. The highest BCUT2D eigenvalue weighted by Gasteiger charge is 2.17. The first-order chi connectivity index (χ1) is 15.6. The van der Waals surface area contributed by atoms with E-state index in [1.54, 1.807) is 7.11 Å². The lowest BCUT2D eigenvalue weighted by Gasteiger charge is -2.24. The fraction of sp³-hybridized carbons (Fsp3) is 0.625. The maximum atomic E-state index is 10.6. The Kier molecular flexibility index (Phi) is 9.80. The van der Waals surface area contributed by atoms with Gasteiger partial charge in [-0.15, -0.1) is 0 Å². The fourth-order valence-corrected chi connectivity index (χ4v) is 4.04. The molecule has 0 amide bonds. The summed E-state index contributed by atoms with van der Waals surface area (Å²) in [5.74, 6) is 1.37. The van der Waals surface area contributed by atoms with Crippen LogP contribution in [0.4, 0.5) is 0 Å². The second-order valence-corrected chi connectivity index (χ2v) is 8.55. The molecule has 2 aromatic rings. The fourth-order valence-electron chi connectivity index (χ4n) is 4.04. The number of aromatic nitrogens is 2. The van der Waals surface area contributed by atoms with Crippen molar-refractivity contribution in [2.24, 2.45) is 0 Å². The van der Waals surface area contributed by atoms with Crippen LogP contribution in [0, 0.1) is 0 Å². The average Bonchev–Trinajstić information content (AvgIpc) is 3.24. The third-order valence-electron chi connectivity index (χ3n) is 6.00. The molecule has 178 valence electrons. The summed E-state index contributed by atoms with van der Waals surface area (Å²) in [6.07, 6.45) is 4.40. The summed E-state index contributed by atoms with van der Waals surface area (Å²) in [5, 5.41) is 14.8. The van der Waals surface area contributed by atoms with E-state index in [0.29, 0.717) is 18.0 Å². The highest BCUT2D eigenvalue weighted by Crippen LogP contribution is 2.29. The van der Waals surface area contributed by atoms with E-state index in [9.17, 15) is 5.11 Å². The molecule has 2 heterocycles. The Balaban J connectivity index is 1.53. The minimum Gasteiger partial charge on any atom is -0.493 e. The van der Waals surface area contributed by atoms with Crippen molar-refractivity contribution in [2.75, 3.05) is 66.6 Å². The lowest BCUT2D eigenvalue weighted by Crippen LogP contribution is -2.37. The molecule has 32 heavy (non-hydrogen) atoms. The number of methoxy groups -OCH3 is 1. The molecule has 1 atom stereocenters. The molecule has 1 saturated heterocycles. The van der Waals surface area contributed by atoms with Gasteiger partial charge in [0, 0.05) is 45.1 Å². The smallest absolute Gasteiger partial charge is 0.161 e. The molecule has 1 unspecified atom stereocenters. The van der Waals surface area contributed by atoms with Crippen LogP contribution in [0.3, 0.4) is 0 Å². The molecule has 1 aromatic heterocycles. The quantitative estimate of drug-likeness (QED) is 0.534. The van der Waals surface area contributed by atoms with Crippen molar-refractivity contribution in [2.45, 2.75) is 32.5 Å². The second-order valence-electron chi connectivity index (χ2n) is 8.55. The summed E-state index contributed by atoms with van der Waals surface area (Å²) in [4.78, 5) is 7.04. The van der Waals surface area contributed by atoms with Crippen LogP contribution in [-0.2, 0) is 13.1 Å². The largest absolute Gasteiger partial charge is 0.493 e. The molecule has 0 radical (unpaired) electrons. The number of nitrogens with zero attached hydrogens (tertiary/aromatic N) is 5. The van der Waals surface area contributed by atoms with Gasteiger partial charge in [0.2, 0.25) is 0 Å². The highest BCUT2D eigenvalue weighted by atomic mass is 16.5. The van der Waals surface area contributed by atoms with Crippen molar-refractivity contribution in [1.29, 1.82) is 0 Å². The van der Waals surface area contributed by atoms with E-state index < -0.39 is 6.10 Å². The summed E-state index contributed by atoms with van der Waals surface area (Å²) in [7, 11) is 3.80. The van der Waals surface area contributed by atoms with E-state index in [0.717, 1.165) is 64.3 Å². The van der Waals surface area contributed by atoms with Crippen LogP contribution in [0.1, 0.15) is 18.9 Å². The van der Waals surface area contributed by atoms with Crippen LogP contribution >= 0.6 is 0 Å². The third kappa shape index (κ3) is 7.78. The molecule has 1 aliphatic heterocycles. The zero-order valence-electron chi connectivity index (χ0n) is 19.8. The van der Waals surface area contributed by atoms with E-state index >= 15 is 0 Å². The van der Waals surface area contributed by atoms with Gasteiger partial charge in [0.15, 0.2) is 11.5 Å². The second kappa shape index (κ2) is 12.8. The van der Waals surface area contributed by atoms with Crippen LogP contribution in [0.15, 0.2) is 36.7 Å². The van der Waals surface area contributed by atoms with Crippen molar-refractivity contribution in [1.82, 2.24) is 24.5 Å². The SMILES string of the molecule is CCN(CCn1cccn1)Cc1ccc(OC)c(OCC(O)CN2CCCN(C)CC2)c1. The molecule has 3 rings (SSSR count). The highest BCUT2D eigenvalue weighted by molar-refractivity contribution is 5.43. The minimum absolute atomic E-state index is 0.253. The normalized spacial score (nSPS) is 16.8. The number of β-amino-alcohol motifs (C(OH)–C–C–N with tert-alkyl or cyclic N) is 1. The minimum atomic E-state index is -0.534. The predicted molar refractivity (Wildman–Crippen MR) is 126 cm³/mol. The Morgan fingerprint density at radius 1 is 1.19 bits per heavy atom. The molecule has 8 nitrogen and oxygen atoms in total. The predicted octanol–water partition coefficient (Wildman–Crippen LogP) is 1.79. The van der Waals surface area contributed by atoms with Crippen LogP contribution in [0.25, 0.3) is 0 Å². The number of aliphatic hydroxyl groups is 1. The zero-order chi connectivity index (χ0) is 22.8. The maximum absolute atomic E-state index is 10.6. The van der Waals surface area contributed by atoms with Crippen LogP contribution in [0.5, 0.6) is 11.5 Å². The number of rotatable bonds is 12. The van der Waals surface area contributed by atoms with Gasteiger partial charge >= 0.3 is 0 Å². The molecule has 0 aliphatic carbocycles. The number of ether oxygens (including phenoxy) is 2. The third-order valence-corrected chi connectivity index (χ3v) is 6.00. The number of hydrogen-bond donors (Lipinski definition) is 1. The molecule has 0 saturated carbocycles. The Labute approximate surface area is 192 Å². The van der Waals surface area contributed by atoms with Crippen molar-refractivity contribution in [3.8, 4) is 11.5 Å². The Morgan fingerprint density at radius 2 is 2.06 bits per heavy atom. The topological polar surface area (TPSA) is 66.2 Å². The molecule has 1 aromatic carbocycles. The van der Waals surface area contributed by atoms with Gasteiger partial charge in [-0.2, -0.15) is 5.10 Å². The van der Waals surface area contributed by atoms with Gasteiger partial charge < -0.3 is 19.5 Å². The van der Waals surface area contributed by atoms with E-state index in [1.807, 2.05) is 35.3 Å². The van der Waals surface area contributed by atoms with E-state index in [1.165, 1.54) is 0 Å². The monoisotopic (exact) mass is 445 g/mol. The molecular weight excluding hydrogens is 406 g/mol. The zero-order valence-corrected chi connectivity index (χ0v) is 19.8. The first kappa shape index (κ1) is 24.5. The first-order valence-electron chi connectivity index (χ1n) is 11.7. The van der Waals surface area contributed by atoms with Crippen molar-refractivity contribution in [3.63, 3.8) is 0 Å². The Hall–Kier alpha value is -2.13. The van der Waals surface area contributed by atoms with Gasteiger partial charge in [0.05, 0.1) is 13.7 Å². The van der Waals surface area contributed by atoms with Crippen molar-refractivity contribution in [3.05, 3.63) is 42.2 Å². The molecule has 8 heteroatoms. The standard InChI is InChI=1S/C24H39N5O3/c1-4-27(15-16-29-12-5-9-25-29)18-21-7-8-23(31-3)24(17-21)32-20-22(30)19-28-11-6-10-26(2)13-14-28/h5,7-9,12,17,22,30H,4,6,10-11,13-16,18-20H2,1-3H3. The van der Waals surface area contributed by atoms with Gasteiger partial charge in [-0.1, -0.05) is 13.0 Å². The van der Waals surface area contributed by atoms with Gasteiger partial charge in [-0.3, -0.25) is 14.5 Å². The van der Waals surface area contributed by atoms with Crippen LogP contribution in [-0.4, -0.2) is 102 Å². The molecule has 1 aliphatic rings. The van der Waals surface area contributed by atoms with E-state index in [-0.39, 0.29) is 6.61 Å². The Morgan fingerprint density at radius 3 is 2.81 bits per heavy atom. The number of benzene rings is 1. The number of hydrogen-bond acceptors (Lipinski definition) is 7. The summed E-state index contributed by atoms with van der Waals surface area (Å²) in [6, 6.07) is 8.00. The molecule has 1 fully saturated rings. The Bertz CT molecular complexity index is 786. The lowest BCUT2D eigenvalue weighted by atomic mass is 10.2. The van der Waals surface area contributed by atoms with Gasteiger partial charge in [-0.25, -0.2) is 0 Å². The van der Waals surface area contributed by atoms with Crippen LogP contribution in [0.2, 0.25) is 0 Å². The molecule has 1 N–H and O–H groups in total. The molecule has 0 bridgehead atoms. The number of aliphatic hydroxyl groups excluding tert-OH is 1. The van der Waals surface area contributed by atoms with Gasteiger partial charge in [-0.05, 0) is 56.9 Å². The summed E-state index contributed by atoms with van der Waals surface area (Å²) < 4.78 is 13.5.